The van der Waals surface area contributed by atoms with Crippen LogP contribution >= 0.6 is 68.4 Å². The molecule has 0 N–H and O–H groups in total. The Balaban J connectivity index is 2.81. The Bertz CT molecular complexity index is 156. The summed E-state index contributed by atoms with van der Waals surface area (Å²) in [6, 6.07) is 0. The van der Waals surface area contributed by atoms with Gasteiger partial charge in [0.1, 0.15) is 1.43 Å². The van der Waals surface area contributed by atoms with Crippen LogP contribution in [0.3, 0.4) is 0 Å². The van der Waals surface area contributed by atoms with Crippen LogP contribution in [-0.4, -0.2) is 5.76 Å². The SMILES string of the molecule is ClC1(Cl)C=CC(I)(I)C=C1. The molecule has 0 amide bonds. The molecular weight excluding hydrogens is 397 g/mol. The molecule has 0 aromatic heterocycles. The zero-order valence-electron chi connectivity index (χ0n) is 4.82. The standard InChI is InChI=1S/C6H4Cl2I2/c7-5(8)1-3-6(9,10)4-2-5/h1-4H. The highest BCUT2D eigenvalue weighted by molar-refractivity contribution is 14.2. The van der Waals surface area contributed by atoms with Crippen LogP contribution in [0.4, 0.5) is 0 Å². The summed E-state index contributed by atoms with van der Waals surface area (Å²) in [5, 5.41) is 0. The number of allylic oxidation sites excluding steroid dienone is 4. The summed E-state index contributed by atoms with van der Waals surface area (Å²) in [6.07, 6.45) is 7.53. The van der Waals surface area contributed by atoms with Crippen molar-refractivity contribution >= 4 is 68.4 Å². The molecular formula is C6H4Cl2I2. The van der Waals surface area contributed by atoms with Crippen LogP contribution < -0.4 is 0 Å². The third-order valence-electron chi connectivity index (χ3n) is 1.06. The van der Waals surface area contributed by atoms with Gasteiger partial charge in [-0.1, -0.05) is 80.5 Å². The highest BCUT2D eigenvalue weighted by atomic mass is 127. The Hall–Kier alpha value is 1.52. The first-order valence-electron chi connectivity index (χ1n) is 2.58. The molecule has 1 aliphatic rings. The van der Waals surface area contributed by atoms with Crippen molar-refractivity contribution < 1.29 is 0 Å². The van der Waals surface area contributed by atoms with Gasteiger partial charge in [-0.2, -0.15) is 0 Å². The van der Waals surface area contributed by atoms with Gasteiger partial charge in [0.2, 0.25) is 0 Å². The highest BCUT2D eigenvalue weighted by Crippen LogP contribution is 2.39. The summed E-state index contributed by atoms with van der Waals surface area (Å²) in [7, 11) is 0. The zero-order valence-corrected chi connectivity index (χ0v) is 10.6. The van der Waals surface area contributed by atoms with E-state index >= 15 is 0 Å². The molecule has 0 aliphatic heterocycles. The Morgan fingerprint density at radius 2 is 1.30 bits per heavy atom. The average molecular weight is 401 g/mol. The highest BCUT2D eigenvalue weighted by Gasteiger charge is 2.25. The molecule has 0 aromatic rings. The van der Waals surface area contributed by atoms with E-state index in [2.05, 4.69) is 45.2 Å². The molecule has 0 aromatic carbocycles. The van der Waals surface area contributed by atoms with E-state index in [0.717, 1.165) is 0 Å². The molecule has 1 rings (SSSR count). The zero-order chi connectivity index (χ0) is 7.83. The molecule has 0 unspecified atom stereocenters. The van der Waals surface area contributed by atoms with E-state index < -0.39 is 4.33 Å². The molecule has 1 aliphatic carbocycles. The number of alkyl halides is 4. The summed E-state index contributed by atoms with van der Waals surface area (Å²) in [5.74, 6) is 0. The molecule has 56 valence electrons. The van der Waals surface area contributed by atoms with E-state index in [9.17, 15) is 0 Å². The van der Waals surface area contributed by atoms with Crippen molar-refractivity contribution in [3.8, 4) is 0 Å². The molecule has 0 atom stereocenters. The first-order chi connectivity index (χ1) is 4.41. The lowest BCUT2D eigenvalue weighted by Gasteiger charge is -2.20. The Morgan fingerprint density at radius 3 is 1.60 bits per heavy atom. The van der Waals surface area contributed by atoms with Crippen molar-refractivity contribution in [3.05, 3.63) is 24.3 Å². The molecule has 10 heavy (non-hydrogen) atoms. The minimum absolute atomic E-state index is 0.0444. The van der Waals surface area contributed by atoms with Gasteiger partial charge in [0.25, 0.3) is 0 Å². The fourth-order valence-corrected chi connectivity index (χ4v) is 1.53. The molecule has 0 fully saturated rings. The van der Waals surface area contributed by atoms with Crippen molar-refractivity contribution in [1.29, 1.82) is 0 Å². The number of halogens is 4. The van der Waals surface area contributed by atoms with E-state index in [1.54, 1.807) is 12.2 Å². The topological polar surface area (TPSA) is 0 Å². The van der Waals surface area contributed by atoms with Crippen molar-refractivity contribution in [2.24, 2.45) is 0 Å². The number of rotatable bonds is 0. The van der Waals surface area contributed by atoms with Crippen molar-refractivity contribution in [2.75, 3.05) is 0 Å². The van der Waals surface area contributed by atoms with Crippen LogP contribution in [0.25, 0.3) is 0 Å². The van der Waals surface area contributed by atoms with E-state index in [1.807, 2.05) is 12.2 Å². The van der Waals surface area contributed by atoms with Crippen molar-refractivity contribution in [2.45, 2.75) is 5.76 Å². The summed E-state index contributed by atoms with van der Waals surface area (Å²) < 4.78 is -0.747. The summed E-state index contributed by atoms with van der Waals surface area (Å²) in [6.45, 7) is 0. The molecule has 0 heterocycles. The molecule has 0 bridgehead atoms. The molecule has 0 saturated heterocycles. The van der Waals surface area contributed by atoms with Crippen LogP contribution in [0.5, 0.6) is 0 Å². The fraction of sp³-hybridized carbons (Fsp3) is 0.333. The maximum Gasteiger partial charge on any atom is 0.154 e. The fourth-order valence-electron chi connectivity index (χ4n) is 0.556. The van der Waals surface area contributed by atoms with Gasteiger partial charge >= 0.3 is 0 Å². The Labute approximate surface area is 97.3 Å². The van der Waals surface area contributed by atoms with E-state index in [4.69, 9.17) is 23.2 Å². The third kappa shape index (κ3) is 2.87. The average Bonchev–Trinajstić information content (AvgIpc) is 1.79. The first-order valence-corrected chi connectivity index (χ1v) is 5.49. The third-order valence-corrected chi connectivity index (χ3v) is 3.00. The lowest BCUT2D eigenvalue weighted by Crippen LogP contribution is -2.14. The monoisotopic (exact) mass is 400 g/mol. The van der Waals surface area contributed by atoms with E-state index in [0.29, 0.717) is 0 Å². The van der Waals surface area contributed by atoms with Gasteiger partial charge in [0, 0.05) is 0 Å². The molecule has 0 nitrogen and oxygen atoms in total. The molecule has 4 heteroatoms. The smallest absolute Gasteiger partial charge is 0.0923 e. The van der Waals surface area contributed by atoms with Crippen LogP contribution in [-0.2, 0) is 0 Å². The first kappa shape index (κ1) is 9.61. The number of hydrogen-bond donors (Lipinski definition) is 0. The van der Waals surface area contributed by atoms with Crippen LogP contribution in [0.1, 0.15) is 0 Å². The predicted molar refractivity (Wildman–Crippen MR) is 63.5 cm³/mol. The molecule has 0 spiro atoms. The van der Waals surface area contributed by atoms with Crippen molar-refractivity contribution in [3.63, 3.8) is 0 Å². The van der Waals surface area contributed by atoms with Gasteiger partial charge in [0.05, 0.1) is 0 Å². The van der Waals surface area contributed by atoms with Gasteiger partial charge in [0.15, 0.2) is 4.33 Å². The second kappa shape index (κ2) is 3.11. The second-order valence-corrected chi connectivity index (χ2v) is 9.09. The summed E-state index contributed by atoms with van der Waals surface area (Å²) in [4.78, 5) is 0. The Morgan fingerprint density at radius 1 is 0.900 bits per heavy atom. The largest absolute Gasteiger partial charge is 0.154 e. The van der Waals surface area contributed by atoms with E-state index in [1.165, 1.54) is 0 Å². The lowest BCUT2D eigenvalue weighted by molar-refractivity contribution is 1.18. The molecule has 0 saturated carbocycles. The lowest BCUT2D eigenvalue weighted by atomic mass is 10.2. The minimum atomic E-state index is -0.792. The van der Waals surface area contributed by atoms with Crippen molar-refractivity contribution in [1.82, 2.24) is 0 Å². The summed E-state index contributed by atoms with van der Waals surface area (Å²) >= 11 is 16.2. The van der Waals surface area contributed by atoms with Gasteiger partial charge in [-0.05, 0) is 12.2 Å². The van der Waals surface area contributed by atoms with Crippen LogP contribution in [0.2, 0.25) is 0 Å². The maximum atomic E-state index is 5.78. The number of hydrogen-bond acceptors (Lipinski definition) is 0. The molecule has 0 radical (unpaired) electrons. The van der Waals surface area contributed by atoms with Gasteiger partial charge in [-0.15, -0.1) is 0 Å². The quantitative estimate of drug-likeness (QED) is 0.329. The minimum Gasteiger partial charge on any atom is -0.0923 e. The predicted octanol–water partition coefficient (Wildman–Crippen LogP) is 3.85. The van der Waals surface area contributed by atoms with Crippen LogP contribution in [0, 0.1) is 0 Å². The Kier molecular flexibility index (Phi) is 2.98. The van der Waals surface area contributed by atoms with E-state index in [-0.39, 0.29) is 1.43 Å². The summed E-state index contributed by atoms with van der Waals surface area (Å²) in [5.41, 5.74) is 0. The second-order valence-electron chi connectivity index (χ2n) is 2.02. The van der Waals surface area contributed by atoms with Gasteiger partial charge in [-0.25, -0.2) is 0 Å². The maximum absolute atomic E-state index is 5.78. The van der Waals surface area contributed by atoms with Gasteiger partial charge in [-0.3, -0.25) is 0 Å². The van der Waals surface area contributed by atoms with Crippen LogP contribution in [0.15, 0.2) is 24.3 Å². The normalized spacial score (nSPS) is 26.8. The van der Waals surface area contributed by atoms with Gasteiger partial charge < -0.3 is 0 Å².